The van der Waals surface area contributed by atoms with E-state index < -0.39 is 15.4 Å². The minimum Gasteiger partial charge on any atom is -0.397 e. The van der Waals surface area contributed by atoms with Gasteiger partial charge in [0.2, 0.25) is 0 Å². The van der Waals surface area contributed by atoms with Gasteiger partial charge < -0.3 is 5.73 Å². The van der Waals surface area contributed by atoms with Gasteiger partial charge in [-0.25, -0.2) is 14.3 Å². The Kier molecular flexibility index (Phi) is 15.0. The zero-order chi connectivity index (χ0) is 21.3. The van der Waals surface area contributed by atoms with E-state index in [-0.39, 0.29) is 6.61 Å². The molecule has 28 heavy (non-hydrogen) atoms. The molecule has 0 aliphatic heterocycles. The minimum absolute atomic E-state index is 0.0926. The molecule has 10 heteroatoms. The molecule has 4 N–H and O–H groups in total. The fraction of sp³-hybridized carbons (Fsp3) is 0.667. The molecule has 1 rings (SSSR count). The number of nitrogens with two attached hydrogens (primary N) is 1. The predicted molar refractivity (Wildman–Crippen MR) is 111 cm³/mol. The number of para-hydroxylation sites is 2. The highest BCUT2D eigenvalue weighted by Crippen LogP contribution is 2.15. The number of nitrogen functional groups attached to an aromatic ring is 1. The van der Waals surface area contributed by atoms with Crippen molar-refractivity contribution in [3.05, 3.63) is 34.4 Å². The van der Waals surface area contributed by atoms with Crippen molar-refractivity contribution in [3.8, 4) is 0 Å². The average Bonchev–Trinajstić information content (AvgIpc) is 2.61. The summed E-state index contributed by atoms with van der Waals surface area (Å²) >= 11 is 0. The number of hydrogen-bond acceptors (Lipinski definition) is 6. The first kappa shape index (κ1) is 26.1. The van der Waals surface area contributed by atoms with Crippen LogP contribution in [0.2, 0.25) is 0 Å². The smallest absolute Gasteiger partial charge is 0.397 e. The maximum Gasteiger partial charge on any atom is 0.397 e. The molecule has 0 saturated carbocycles. The number of rotatable bonds is 14. The Morgan fingerprint density at radius 3 is 2.00 bits per heavy atom. The number of anilines is 2. The first-order valence-electron chi connectivity index (χ1n) is 9.63. The second kappa shape index (κ2) is 16.1. The summed E-state index contributed by atoms with van der Waals surface area (Å²) < 4.78 is 33.0. The zero-order valence-electron chi connectivity index (χ0n) is 16.5. The zero-order valence-corrected chi connectivity index (χ0v) is 17.3. The lowest BCUT2D eigenvalue weighted by Crippen LogP contribution is -2.09. The Morgan fingerprint density at radius 1 is 1.04 bits per heavy atom. The Morgan fingerprint density at radius 2 is 1.54 bits per heavy atom. The summed E-state index contributed by atoms with van der Waals surface area (Å²) in [5.74, 6) is 0. The van der Waals surface area contributed by atoms with E-state index in [1.165, 1.54) is 51.0 Å². The number of unbranched alkanes of at least 4 members (excludes halogenated alkanes) is 9. The molecule has 1 aromatic rings. The van der Waals surface area contributed by atoms with Crippen molar-refractivity contribution in [1.82, 2.24) is 0 Å². The van der Waals surface area contributed by atoms with Crippen LogP contribution in [0.3, 0.4) is 0 Å². The van der Waals surface area contributed by atoms with Crippen molar-refractivity contribution in [2.45, 2.75) is 71.1 Å². The van der Waals surface area contributed by atoms with Crippen molar-refractivity contribution in [3.63, 3.8) is 0 Å². The van der Waals surface area contributed by atoms with Crippen molar-refractivity contribution in [1.29, 1.82) is 0 Å². The molecule has 0 aliphatic carbocycles. The molecular weight excluding hydrogens is 386 g/mol. The van der Waals surface area contributed by atoms with Crippen LogP contribution in [0.4, 0.5) is 11.4 Å². The molecule has 0 atom stereocenters. The minimum atomic E-state index is -4.23. The molecular formula is C18H33N3O6S. The summed E-state index contributed by atoms with van der Waals surface area (Å²) in [4.78, 5) is 9.96. The molecule has 162 valence electrons. The normalized spacial score (nSPS) is 10.8. The van der Waals surface area contributed by atoms with Crippen molar-refractivity contribution >= 4 is 21.8 Å². The van der Waals surface area contributed by atoms with E-state index in [9.17, 15) is 18.5 Å². The van der Waals surface area contributed by atoms with E-state index in [0.717, 1.165) is 12.8 Å². The molecule has 0 aromatic heterocycles. The van der Waals surface area contributed by atoms with Crippen LogP contribution in [0.1, 0.15) is 71.1 Å². The summed E-state index contributed by atoms with van der Waals surface area (Å²) in [5, 5.41) is 9.31. The molecule has 0 saturated heterocycles. The quantitative estimate of drug-likeness (QED) is 0.130. The van der Waals surface area contributed by atoms with Crippen LogP contribution in [0.5, 0.6) is 0 Å². The molecule has 0 bridgehead atoms. The van der Waals surface area contributed by atoms with Gasteiger partial charge in [-0.05, 0) is 18.6 Å². The molecule has 0 amide bonds. The largest absolute Gasteiger partial charge is 0.397 e. The average molecular weight is 420 g/mol. The molecule has 0 fully saturated rings. The molecule has 1 aromatic carbocycles. The molecule has 9 nitrogen and oxygen atoms in total. The third-order valence-corrected chi connectivity index (χ3v) is 4.37. The van der Waals surface area contributed by atoms with Crippen LogP contribution < -0.4 is 11.2 Å². The lowest BCUT2D eigenvalue weighted by Gasteiger charge is -2.02. The number of benzene rings is 1. The van der Waals surface area contributed by atoms with Gasteiger partial charge >= 0.3 is 10.4 Å². The van der Waals surface area contributed by atoms with Gasteiger partial charge in [0.1, 0.15) is 5.69 Å². The Labute approximate surface area is 167 Å². The van der Waals surface area contributed by atoms with Crippen LogP contribution in [0.15, 0.2) is 24.3 Å². The van der Waals surface area contributed by atoms with Crippen LogP contribution >= 0.6 is 0 Å². The molecule has 0 spiro atoms. The van der Waals surface area contributed by atoms with Gasteiger partial charge in [-0.15, -0.1) is 5.43 Å². The molecule has 0 heterocycles. The molecule has 0 aliphatic rings. The predicted octanol–water partition coefficient (Wildman–Crippen LogP) is 4.60. The maximum absolute atomic E-state index is 10.2. The Balaban J connectivity index is 0.000000567. The molecule has 0 unspecified atom stereocenters. The highest BCUT2D eigenvalue weighted by molar-refractivity contribution is 7.80. The second-order valence-corrected chi connectivity index (χ2v) is 7.48. The summed E-state index contributed by atoms with van der Waals surface area (Å²) in [6, 6.07) is 6.51. The van der Waals surface area contributed by atoms with E-state index in [4.69, 9.17) is 10.3 Å². The fourth-order valence-electron chi connectivity index (χ4n) is 2.45. The Hall–Kier alpha value is -1.91. The first-order chi connectivity index (χ1) is 13.3. The topological polar surface area (TPSA) is 145 Å². The van der Waals surface area contributed by atoms with Crippen molar-refractivity contribution in [2.75, 3.05) is 17.8 Å². The van der Waals surface area contributed by atoms with Gasteiger partial charge in [0, 0.05) is 0 Å². The number of hydrogen-bond donors (Lipinski definition) is 3. The highest BCUT2D eigenvalue weighted by atomic mass is 32.3. The monoisotopic (exact) mass is 419 g/mol. The lowest BCUT2D eigenvalue weighted by molar-refractivity contribution is -0.445. The SMILES string of the molecule is CCCCCCCCCCCCOS(=O)(=O)O.Nc1ccccc1N[N+](=O)[O-]. The van der Waals surface area contributed by atoms with E-state index >= 15 is 0 Å². The van der Waals surface area contributed by atoms with Gasteiger partial charge in [0.05, 0.1) is 12.3 Å². The van der Waals surface area contributed by atoms with Gasteiger partial charge in [0.25, 0.3) is 0 Å². The van der Waals surface area contributed by atoms with Gasteiger partial charge in [-0.1, -0.05) is 76.8 Å². The summed E-state index contributed by atoms with van der Waals surface area (Å²) in [7, 11) is -4.23. The van der Waals surface area contributed by atoms with Crippen molar-refractivity contribution < 1.29 is 22.2 Å². The fourth-order valence-corrected chi connectivity index (χ4v) is 2.78. The van der Waals surface area contributed by atoms with E-state index in [0.29, 0.717) is 17.8 Å². The van der Waals surface area contributed by atoms with Crippen LogP contribution in [-0.4, -0.2) is 24.6 Å². The third-order valence-electron chi connectivity index (χ3n) is 3.90. The van der Waals surface area contributed by atoms with E-state index in [1.54, 1.807) is 18.2 Å². The first-order valence-corrected chi connectivity index (χ1v) is 11.0. The van der Waals surface area contributed by atoms with Crippen molar-refractivity contribution in [2.24, 2.45) is 0 Å². The summed E-state index contributed by atoms with van der Waals surface area (Å²) in [6.07, 6.45) is 11.9. The number of hydrazine groups is 1. The van der Waals surface area contributed by atoms with Crippen LogP contribution in [-0.2, 0) is 14.6 Å². The van der Waals surface area contributed by atoms with E-state index in [2.05, 4.69) is 11.1 Å². The number of nitrogens with one attached hydrogen (secondary N) is 1. The third kappa shape index (κ3) is 17.5. The highest BCUT2D eigenvalue weighted by Gasteiger charge is 2.02. The molecule has 0 radical (unpaired) electrons. The van der Waals surface area contributed by atoms with Crippen LogP contribution in [0, 0.1) is 10.1 Å². The Bertz CT molecular complexity index is 640. The van der Waals surface area contributed by atoms with E-state index in [1.807, 2.05) is 5.43 Å². The van der Waals surface area contributed by atoms with Crippen LogP contribution in [0.25, 0.3) is 0 Å². The van der Waals surface area contributed by atoms with Gasteiger partial charge in [-0.3, -0.25) is 4.55 Å². The maximum atomic E-state index is 10.2. The number of nitrogens with zero attached hydrogens (tertiary/aromatic N) is 1. The van der Waals surface area contributed by atoms with Gasteiger partial charge in [-0.2, -0.15) is 8.42 Å². The standard InChI is InChI=1S/C12H26O4S.C6H7N3O2/c1-2-3-4-5-6-7-8-9-10-11-12-16-17(13,14)15;7-5-3-1-2-4-6(5)8-9(10)11/h2-12H2,1H3,(H,13,14,15);1-4,8H,7H2. The lowest BCUT2D eigenvalue weighted by atomic mass is 10.1. The second-order valence-electron chi connectivity index (χ2n) is 6.39. The number of nitro groups is 1. The summed E-state index contributed by atoms with van der Waals surface area (Å²) in [5.41, 5.74) is 8.05. The van der Waals surface area contributed by atoms with Gasteiger partial charge in [0.15, 0.2) is 5.03 Å². The summed E-state index contributed by atoms with van der Waals surface area (Å²) in [6.45, 7) is 2.31.